The lowest BCUT2D eigenvalue weighted by atomic mass is 10.2. The number of fused-ring (bicyclic) bond motifs is 1. The van der Waals surface area contributed by atoms with E-state index in [9.17, 15) is 0 Å². The summed E-state index contributed by atoms with van der Waals surface area (Å²) in [6.07, 6.45) is 1.77. The molecule has 0 fully saturated rings. The molecule has 1 radical (unpaired) electrons. The number of nitrogens with zero attached hydrogens (tertiary/aromatic N) is 1. The van der Waals surface area contributed by atoms with Crippen LogP contribution in [-0.4, -0.2) is 12.1 Å². The van der Waals surface area contributed by atoms with E-state index < -0.39 is 0 Å². The highest BCUT2D eigenvalue weighted by Gasteiger charge is 1.95. The van der Waals surface area contributed by atoms with Gasteiger partial charge in [0, 0.05) is 23.7 Å². The van der Waals surface area contributed by atoms with Crippen molar-refractivity contribution in [2.24, 2.45) is 0 Å². The minimum absolute atomic E-state index is 0.723. The molecule has 0 aliphatic heterocycles. The third kappa shape index (κ3) is 1.11. The Kier molecular flexibility index (Phi) is 1.67. The zero-order valence-corrected chi connectivity index (χ0v) is 6.74. The highest BCUT2D eigenvalue weighted by molar-refractivity contribution is 5.79. The number of hydrogen-bond donors (Lipinski definition) is 0. The molecule has 0 saturated carbocycles. The molecule has 2 rings (SSSR count). The smallest absolute Gasteiger partial charge is 0.129 e. The largest absolute Gasteiger partial charge is 0.496 e. The molecule has 0 aliphatic carbocycles. The van der Waals surface area contributed by atoms with Crippen LogP contribution in [0.2, 0.25) is 0 Å². The topological polar surface area (TPSA) is 22.1 Å². The summed E-state index contributed by atoms with van der Waals surface area (Å²) >= 11 is 0. The molecule has 0 N–H and O–H groups in total. The lowest BCUT2D eigenvalue weighted by Crippen LogP contribution is -1.83. The van der Waals surface area contributed by atoms with Gasteiger partial charge in [0.15, 0.2) is 0 Å². The first kappa shape index (κ1) is 7.10. The Balaban J connectivity index is 2.67. The van der Waals surface area contributed by atoms with E-state index in [1.807, 2.05) is 24.3 Å². The Morgan fingerprint density at radius 3 is 3.25 bits per heavy atom. The molecule has 0 spiro atoms. The zero-order valence-electron chi connectivity index (χ0n) is 6.74. The number of pyridine rings is 1. The molecule has 2 aromatic rings. The fourth-order valence-electron chi connectivity index (χ4n) is 1.11. The average Bonchev–Trinajstić information content (AvgIpc) is 2.17. The van der Waals surface area contributed by atoms with Gasteiger partial charge in [-0.3, -0.25) is 4.98 Å². The van der Waals surface area contributed by atoms with Crippen molar-refractivity contribution < 1.29 is 4.74 Å². The number of benzene rings is 1. The van der Waals surface area contributed by atoms with E-state index >= 15 is 0 Å². The first-order valence-corrected chi connectivity index (χ1v) is 3.70. The van der Waals surface area contributed by atoms with Gasteiger partial charge in [0.2, 0.25) is 0 Å². The zero-order chi connectivity index (χ0) is 8.39. The van der Waals surface area contributed by atoms with Crippen LogP contribution in [-0.2, 0) is 0 Å². The second-order valence-corrected chi connectivity index (χ2v) is 2.48. The summed E-state index contributed by atoms with van der Waals surface area (Å²) in [6.45, 7) is 0. The van der Waals surface area contributed by atoms with Crippen LogP contribution in [0.5, 0.6) is 5.75 Å². The second-order valence-electron chi connectivity index (χ2n) is 2.48. The van der Waals surface area contributed by atoms with Gasteiger partial charge in [0.1, 0.15) is 5.75 Å². The maximum Gasteiger partial charge on any atom is 0.129 e. The van der Waals surface area contributed by atoms with Gasteiger partial charge < -0.3 is 4.74 Å². The average molecular weight is 158 g/mol. The normalized spacial score (nSPS) is 10.1. The van der Waals surface area contributed by atoms with Gasteiger partial charge in [-0.1, -0.05) is 6.07 Å². The highest BCUT2D eigenvalue weighted by atomic mass is 16.5. The molecule has 2 nitrogen and oxygen atoms in total. The van der Waals surface area contributed by atoms with Crippen molar-refractivity contribution in [3.8, 4) is 5.75 Å². The number of ether oxygens (including phenoxy) is 1. The van der Waals surface area contributed by atoms with Crippen molar-refractivity contribution in [2.45, 2.75) is 0 Å². The van der Waals surface area contributed by atoms with Gasteiger partial charge in [-0.25, -0.2) is 0 Å². The van der Waals surface area contributed by atoms with Crippen LogP contribution in [0, 0.1) is 6.07 Å². The third-order valence-electron chi connectivity index (χ3n) is 1.73. The summed E-state index contributed by atoms with van der Waals surface area (Å²) in [5, 5.41) is 1.08. The van der Waals surface area contributed by atoms with E-state index in [0.29, 0.717) is 0 Å². The van der Waals surface area contributed by atoms with Crippen LogP contribution in [0.15, 0.2) is 30.5 Å². The van der Waals surface area contributed by atoms with Gasteiger partial charge >= 0.3 is 0 Å². The van der Waals surface area contributed by atoms with Gasteiger partial charge in [0.05, 0.1) is 12.6 Å². The lowest BCUT2D eigenvalue weighted by Gasteiger charge is -1.99. The molecule has 1 aromatic carbocycles. The minimum atomic E-state index is 0.723. The fourth-order valence-corrected chi connectivity index (χ4v) is 1.11. The van der Waals surface area contributed by atoms with E-state index in [0.717, 1.165) is 16.7 Å². The maximum absolute atomic E-state index is 5.03. The number of methoxy groups -OCH3 is 1. The monoisotopic (exact) mass is 158 g/mol. The van der Waals surface area contributed by atoms with Crippen LogP contribution in [0.1, 0.15) is 0 Å². The van der Waals surface area contributed by atoms with Gasteiger partial charge in [0.25, 0.3) is 0 Å². The highest BCUT2D eigenvalue weighted by Crippen LogP contribution is 2.16. The summed E-state index contributed by atoms with van der Waals surface area (Å²) in [5.74, 6) is 0.723. The molecular formula is C10H8NO. The molecule has 0 amide bonds. The molecule has 1 heterocycles. The Morgan fingerprint density at radius 2 is 2.42 bits per heavy atom. The van der Waals surface area contributed by atoms with Gasteiger partial charge in [-0.2, -0.15) is 0 Å². The van der Waals surface area contributed by atoms with Crippen molar-refractivity contribution in [1.82, 2.24) is 4.98 Å². The van der Waals surface area contributed by atoms with E-state index in [1.54, 1.807) is 13.3 Å². The standard InChI is InChI=1S/C10H8NO/c1-12-9-5-4-8-3-2-6-11-10(8)7-9/h2-4,6-7H,1H3. The molecule has 0 unspecified atom stereocenters. The predicted octanol–water partition coefficient (Wildman–Crippen LogP) is 2.04. The SMILES string of the molecule is COc1[c]cc2cccnc2c1. The Bertz CT molecular complexity index is 398. The summed E-state index contributed by atoms with van der Waals surface area (Å²) in [7, 11) is 1.63. The van der Waals surface area contributed by atoms with Crippen LogP contribution < -0.4 is 4.74 Å². The maximum atomic E-state index is 5.03. The van der Waals surface area contributed by atoms with Crippen LogP contribution >= 0.6 is 0 Å². The van der Waals surface area contributed by atoms with Crippen molar-refractivity contribution in [1.29, 1.82) is 0 Å². The Labute approximate surface area is 70.8 Å². The van der Waals surface area contributed by atoms with Crippen LogP contribution in [0.3, 0.4) is 0 Å². The van der Waals surface area contributed by atoms with E-state index in [2.05, 4.69) is 11.1 Å². The predicted molar refractivity (Wildman–Crippen MR) is 47.1 cm³/mol. The molecule has 59 valence electrons. The quantitative estimate of drug-likeness (QED) is 0.633. The first-order chi connectivity index (χ1) is 5.90. The van der Waals surface area contributed by atoms with Crippen LogP contribution in [0.4, 0.5) is 0 Å². The molecule has 1 aromatic heterocycles. The van der Waals surface area contributed by atoms with E-state index in [1.165, 1.54) is 0 Å². The van der Waals surface area contributed by atoms with Crippen molar-refractivity contribution in [3.63, 3.8) is 0 Å². The summed E-state index contributed by atoms with van der Waals surface area (Å²) in [5.41, 5.74) is 0.938. The van der Waals surface area contributed by atoms with Gasteiger partial charge in [-0.05, 0) is 12.1 Å². The minimum Gasteiger partial charge on any atom is -0.496 e. The Hall–Kier alpha value is -1.57. The van der Waals surface area contributed by atoms with Crippen molar-refractivity contribution in [3.05, 3.63) is 36.5 Å². The molecule has 0 saturated heterocycles. The van der Waals surface area contributed by atoms with Crippen molar-refractivity contribution in [2.75, 3.05) is 7.11 Å². The van der Waals surface area contributed by atoms with E-state index in [4.69, 9.17) is 4.74 Å². The molecular weight excluding hydrogens is 150 g/mol. The number of aromatic nitrogens is 1. The summed E-state index contributed by atoms with van der Waals surface area (Å²) in [4.78, 5) is 4.19. The molecule has 12 heavy (non-hydrogen) atoms. The molecule has 0 atom stereocenters. The first-order valence-electron chi connectivity index (χ1n) is 3.70. The molecule has 0 bridgehead atoms. The summed E-state index contributed by atoms with van der Waals surface area (Å²) in [6, 6.07) is 10.6. The molecule has 2 heteroatoms. The van der Waals surface area contributed by atoms with Gasteiger partial charge in [-0.15, -0.1) is 0 Å². The van der Waals surface area contributed by atoms with Crippen LogP contribution in [0.25, 0.3) is 10.9 Å². The van der Waals surface area contributed by atoms with Crippen molar-refractivity contribution >= 4 is 10.9 Å². The second kappa shape index (κ2) is 2.81. The van der Waals surface area contributed by atoms with E-state index in [-0.39, 0.29) is 0 Å². The fraction of sp³-hybridized carbons (Fsp3) is 0.100. The number of hydrogen-bond acceptors (Lipinski definition) is 2. The lowest BCUT2D eigenvalue weighted by molar-refractivity contribution is 0.414. The third-order valence-corrected chi connectivity index (χ3v) is 1.73. The number of rotatable bonds is 1. The molecule has 0 aliphatic rings. The Morgan fingerprint density at radius 1 is 1.50 bits per heavy atom. The summed E-state index contributed by atoms with van der Waals surface area (Å²) < 4.78 is 5.03.